The number of carboxylic acids is 1. The number of amides is 1. The predicted molar refractivity (Wildman–Crippen MR) is 106 cm³/mol. The number of hydrogen-bond donors (Lipinski definition) is 1. The number of aryl methyl sites for hydroxylation is 1. The van der Waals surface area contributed by atoms with Gasteiger partial charge in [-0.3, -0.25) is 9.59 Å². The van der Waals surface area contributed by atoms with E-state index in [2.05, 4.69) is 9.97 Å². The minimum atomic E-state index is -0.774. The molecular weight excluding hydrogens is 378 g/mol. The highest BCUT2D eigenvalue weighted by Crippen LogP contribution is 2.47. The zero-order valence-electron chi connectivity index (χ0n) is 16.2. The van der Waals surface area contributed by atoms with Gasteiger partial charge in [0.2, 0.25) is 11.8 Å². The summed E-state index contributed by atoms with van der Waals surface area (Å²) in [6.45, 7) is 1.60. The number of fused-ring (bicyclic) bond motifs is 3. The van der Waals surface area contributed by atoms with E-state index in [-0.39, 0.29) is 30.4 Å². The van der Waals surface area contributed by atoms with Crippen LogP contribution in [0.1, 0.15) is 61.8 Å². The van der Waals surface area contributed by atoms with Crippen LogP contribution in [0, 0.1) is 0 Å². The van der Waals surface area contributed by atoms with Crippen molar-refractivity contribution in [2.75, 3.05) is 7.05 Å². The number of ether oxygens (including phenoxy) is 1. The average molecular weight is 404 g/mol. The summed E-state index contributed by atoms with van der Waals surface area (Å²) in [5.41, 5.74) is 1.09. The van der Waals surface area contributed by atoms with E-state index >= 15 is 0 Å². The summed E-state index contributed by atoms with van der Waals surface area (Å²) < 4.78 is 6.30. The molecule has 0 unspecified atom stereocenters. The SMILES string of the molecule is CC(=O)N(C)[C@H]1CC[C@H](Oc2ncnc3sc4c(c23)[C@@H](CC(=O)O)CC4)CC1. The van der Waals surface area contributed by atoms with Crippen molar-refractivity contribution < 1.29 is 19.4 Å². The minimum absolute atomic E-state index is 0.00884. The highest BCUT2D eigenvalue weighted by molar-refractivity contribution is 7.19. The maximum Gasteiger partial charge on any atom is 0.303 e. The summed E-state index contributed by atoms with van der Waals surface area (Å²) in [6.07, 6.45) is 7.06. The van der Waals surface area contributed by atoms with Gasteiger partial charge in [-0.1, -0.05) is 0 Å². The van der Waals surface area contributed by atoms with Gasteiger partial charge in [-0.2, -0.15) is 0 Å². The topological polar surface area (TPSA) is 92.6 Å². The second-order valence-corrected chi connectivity index (χ2v) is 8.89. The molecule has 0 radical (unpaired) electrons. The number of aromatic nitrogens is 2. The van der Waals surface area contributed by atoms with Crippen LogP contribution >= 0.6 is 11.3 Å². The molecule has 2 aliphatic rings. The van der Waals surface area contributed by atoms with Crippen LogP contribution in [-0.4, -0.2) is 51.0 Å². The number of rotatable bonds is 5. The molecule has 1 saturated carbocycles. The molecule has 0 spiro atoms. The Labute approximate surface area is 167 Å². The van der Waals surface area contributed by atoms with E-state index in [9.17, 15) is 14.7 Å². The van der Waals surface area contributed by atoms with E-state index in [4.69, 9.17) is 4.74 Å². The van der Waals surface area contributed by atoms with Crippen LogP contribution in [0.2, 0.25) is 0 Å². The first-order valence-corrected chi connectivity index (χ1v) is 10.6. The number of aliphatic carboxylic acids is 1. The van der Waals surface area contributed by atoms with Crippen LogP contribution in [0.15, 0.2) is 6.33 Å². The van der Waals surface area contributed by atoms with Crippen LogP contribution in [0.3, 0.4) is 0 Å². The molecule has 1 fully saturated rings. The van der Waals surface area contributed by atoms with Gasteiger partial charge < -0.3 is 14.7 Å². The lowest BCUT2D eigenvalue weighted by molar-refractivity contribution is -0.137. The average Bonchev–Trinajstić information content (AvgIpc) is 3.21. The number of nitrogens with zero attached hydrogens (tertiary/aromatic N) is 3. The molecule has 0 aliphatic heterocycles. The first-order valence-electron chi connectivity index (χ1n) is 9.82. The van der Waals surface area contributed by atoms with E-state index in [0.717, 1.165) is 54.3 Å². The van der Waals surface area contributed by atoms with E-state index < -0.39 is 5.97 Å². The largest absolute Gasteiger partial charge is 0.481 e. The lowest BCUT2D eigenvalue weighted by Gasteiger charge is -2.34. The number of carbonyl (C=O) groups is 2. The Bertz CT molecular complexity index is 904. The van der Waals surface area contributed by atoms with Gasteiger partial charge in [-0.25, -0.2) is 9.97 Å². The van der Waals surface area contributed by atoms with E-state index in [1.54, 1.807) is 18.3 Å². The monoisotopic (exact) mass is 403 g/mol. The van der Waals surface area contributed by atoms with Crippen molar-refractivity contribution in [3.8, 4) is 5.88 Å². The molecule has 2 heterocycles. The molecule has 0 saturated heterocycles. The lowest BCUT2D eigenvalue weighted by atomic mass is 9.92. The quantitative estimate of drug-likeness (QED) is 0.823. The second-order valence-electron chi connectivity index (χ2n) is 7.81. The van der Waals surface area contributed by atoms with Gasteiger partial charge in [-0.05, 0) is 50.0 Å². The zero-order valence-corrected chi connectivity index (χ0v) is 17.0. The van der Waals surface area contributed by atoms with E-state index in [0.29, 0.717) is 5.88 Å². The highest BCUT2D eigenvalue weighted by atomic mass is 32.1. The summed E-state index contributed by atoms with van der Waals surface area (Å²) in [4.78, 5) is 35.6. The van der Waals surface area contributed by atoms with Crippen molar-refractivity contribution in [2.24, 2.45) is 0 Å². The third-order valence-electron chi connectivity index (χ3n) is 6.08. The maximum atomic E-state index is 11.6. The van der Waals surface area contributed by atoms with Gasteiger partial charge in [0, 0.05) is 24.9 Å². The Hall–Kier alpha value is -2.22. The van der Waals surface area contributed by atoms with Crippen molar-refractivity contribution in [3.63, 3.8) is 0 Å². The van der Waals surface area contributed by atoms with Crippen LogP contribution in [0.5, 0.6) is 5.88 Å². The molecule has 0 aromatic carbocycles. The Balaban J connectivity index is 1.54. The summed E-state index contributed by atoms with van der Waals surface area (Å²) >= 11 is 1.63. The first kappa shape index (κ1) is 19.1. The fourth-order valence-corrected chi connectivity index (χ4v) is 5.74. The smallest absolute Gasteiger partial charge is 0.303 e. The molecule has 0 bridgehead atoms. The Morgan fingerprint density at radius 2 is 2.00 bits per heavy atom. The molecule has 1 N–H and O–H groups in total. The summed E-state index contributed by atoms with van der Waals surface area (Å²) in [6, 6.07) is 0.271. The third kappa shape index (κ3) is 3.57. The molecule has 2 aromatic rings. The fourth-order valence-electron chi connectivity index (χ4n) is 4.51. The standard InChI is InChI=1S/C20H25N3O4S/c1-11(24)23(2)13-4-6-14(7-5-13)27-19-18-17-12(9-16(25)26)3-8-15(17)28-20(18)22-10-21-19/h10,12-14H,3-9H2,1-2H3,(H,25,26)/t12-,13-,14-/m1/s1. The summed E-state index contributed by atoms with van der Waals surface area (Å²) in [7, 11) is 1.86. The molecule has 2 aromatic heterocycles. The normalized spacial score (nSPS) is 24.1. The number of hydrogen-bond acceptors (Lipinski definition) is 6. The van der Waals surface area contributed by atoms with Crippen LogP contribution in [0.4, 0.5) is 0 Å². The number of thiophene rings is 1. The fraction of sp³-hybridized carbons (Fsp3) is 0.600. The Morgan fingerprint density at radius 3 is 2.68 bits per heavy atom. The van der Waals surface area contributed by atoms with Gasteiger partial charge in [0.15, 0.2) is 0 Å². The van der Waals surface area contributed by atoms with Gasteiger partial charge >= 0.3 is 5.97 Å². The van der Waals surface area contributed by atoms with E-state index in [1.165, 1.54) is 11.2 Å². The molecule has 2 aliphatic carbocycles. The third-order valence-corrected chi connectivity index (χ3v) is 7.26. The second kappa shape index (κ2) is 7.66. The van der Waals surface area contributed by atoms with Gasteiger partial charge in [0.05, 0.1) is 11.8 Å². The van der Waals surface area contributed by atoms with Crippen molar-refractivity contribution in [2.45, 2.75) is 69.9 Å². The van der Waals surface area contributed by atoms with Crippen molar-refractivity contribution >= 4 is 33.4 Å². The molecule has 7 nitrogen and oxygen atoms in total. The number of carboxylic acid groups (broad SMARTS) is 1. The van der Waals surface area contributed by atoms with Crippen molar-refractivity contribution in [1.82, 2.24) is 14.9 Å². The van der Waals surface area contributed by atoms with Gasteiger partial charge in [0.1, 0.15) is 17.3 Å². The molecule has 1 amide bonds. The highest BCUT2D eigenvalue weighted by Gasteiger charge is 2.33. The first-order chi connectivity index (χ1) is 13.4. The van der Waals surface area contributed by atoms with E-state index in [1.807, 2.05) is 11.9 Å². The summed E-state index contributed by atoms with van der Waals surface area (Å²) in [5, 5.41) is 10.2. The van der Waals surface area contributed by atoms with Crippen LogP contribution in [0.25, 0.3) is 10.2 Å². The maximum absolute atomic E-state index is 11.6. The minimum Gasteiger partial charge on any atom is -0.481 e. The Morgan fingerprint density at radius 1 is 1.25 bits per heavy atom. The molecule has 28 heavy (non-hydrogen) atoms. The number of carbonyl (C=O) groups excluding carboxylic acids is 1. The molecule has 8 heteroatoms. The molecule has 150 valence electrons. The summed E-state index contributed by atoms with van der Waals surface area (Å²) in [5.74, 6) is -0.0812. The molecule has 4 rings (SSSR count). The molecular formula is C20H25N3O4S. The van der Waals surface area contributed by atoms with Crippen LogP contribution in [-0.2, 0) is 16.0 Å². The van der Waals surface area contributed by atoms with Crippen molar-refractivity contribution in [3.05, 3.63) is 16.8 Å². The van der Waals surface area contributed by atoms with Gasteiger partial charge in [-0.15, -0.1) is 11.3 Å². The van der Waals surface area contributed by atoms with Crippen molar-refractivity contribution in [1.29, 1.82) is 0 Å². The Kier molecular flexibility index (Phi) is 5.23. The van der Waals surface area contributed by atoms with Gasteiger partial charge in [0.25, 0.3) is 0 Å². The zero-order chi connectivity index (χ0) is 19.8. The lowest BCUT2D eigenvalue weighted by Crippen LogP contribution is -2.40. The predicted octanol–water partition coefficient (Wildman–Crippen LogP) is 3.36. The molecule has 1 atom stereocenters. The van der Waals surface area contributed by atoms with Crippen LogP contribution < -0.4 is 4.74 Å².